The molecule has 1 aromatic heterocycles. The van der Waals surface area contributed by atoms with Crippen LogP contribution in [0.2, 0.25) is 0 Å². The third-order valence-electron chi connectivity index (χ3n) is 4.89. The van der Waals surface area contributed by atoms with Crippen molar-refractivity contribution in [1.82, 2.24) is 15.3 Å². The Bertz CT molecular complexity index is 525. The van der Waals surface area contributed by atoms with Gasteiger partial charge in [0.1, 0.15) is 0 Å². The number of nitrogens with one attached hydrogen (secondary N) is 2. The van der Waals surface area contributed by atoms with E-state index >= 15 is 0 Å². The average molecular weight is 306 g/mol. The van der Waals surface area contributed by atoms with Crippen molar-refractivity contribution in [1.29, 1.82) is 0 Å². The predicted octanol–water partition coefficient (Wildman–Crippen LogP) is 1.29. The van der Waals surface area contributed by atoms with Gasteiger partial charge in [0.2, 0.25) is 0 Å². The first-order valence-electron chi connectivity index (χ1n) is 8.33. The molecule has 1 aromatic rings. The van der Waals surface area contributed by atoms with E-state index in [1.807, 2.05) is 7.11 Å². The summed E-state index contributed by atoms with van der Waals surface area (Å²) >= 11 is 0. The molecule has 1 atom stereocenters. The van der Waals surface area contributed by atoms with Crippen LogP contribution in [-0.4, -0.2) is 48.4 Å². The smallest absolute Gasteiger partial charge is 0.290 e. The highest BCUT2D eigenvalue weighted by molar-refractivity contribution is 5.36. The fraction of sp³-hybridized carbons (Fsp3) is 0.750. The highest BCUT2D eigenvalue weighted by Gasteiger charge is 2.27. The zero-order chi connectivity index (χ0) is 15.4. The largest absolute Gasteiger partial charge is 0.381 e. The minimum atomic E-state index is -0.0937. The van der Waals surface area contributed by atoms with Gasteiger partial charge in [0.25, 0.3) is 5.56 Å². The molecule has 0 unspecified atom stereocenters. The van der Waals surface area contributed by atoms with Crippen LogP contribution >= 0.6 is 0 Å². The van der Waals surface area contributed by atoms with Gasteiger partial charge in [-0.05, 0) is 38.5 Å². The van der Waals surface area contributed by atoms with Crippen LogP contribution in [0.1, 0.15) is 38.5 Å². The van der Waals surface area contributed by atoms with E-state index in [1.54, 1.807) is 12.4 Å². The molecule has 2 fully saturated rings. The molecule has 1 aliphatic heterocycles. The molecule has 6 nitrogen and oxygen atoms in total. The second-order valence-corrected chi connectivity index (χ2v) is 6.40. The molecular weight excluding hydrogens is 280 g/mol. The summed E-state index contributed by atoms with van der Waals surface area (Å²) in [6.07, 6.45) is 10.6. The number of rotatable bonds is 4. The number of methoxy groups -OCH3 is 1. The summed E-state index contributed by atoms with van der Waals surface area (Å²) in [4.78, 5) is 21.0. The van der Waals surface area contributed by atoms with E-state index in [1.165, 1.54) is 19.3 Å². The van der Waals surface area contributed by atoms with Gasteiger partial charge in [0, 0.05) is 44.7 Å². The molecule has 2 N–H and O–H groups in total. The molecule has 0 bridgehead atoms. The highest BCUT2D eigenvalue weighted by atomic mass is 16.5. The van der Waals surface area contributed by atoms with Crippen molar-refractivity contribution in [3.05, 3.63) is 22.7 Å². The van der Waals surface area contributed by atoms with Crippen LogP contribution in [0.15, 0.2) is 17.2 Å². The zero-order valence-electron chi connectivity index (χ0n) is 13.3. The molecular formula is C16H26N4O2. The summed E-state index contributed by atoms with van der Waals surface area (Å²) in [5.74, 6) is 0.553. The average Bonchev–Trinajstić information content (AvgIpc) is 2.56. The predicted molar refractivity (Wildman–Crippen MR) is 86.3 cm³/mol. The summed E-state index contributed by atoms with van der Waals surface area (Å²) in [5.41, 5.74) is -0.0937. The van der Waals surface area contributed by atoms with E-state index in [4.69, 9.17) is 4.74 Å². The number of piperidine rings is 1. The Hall–Kier alpha value is -1.40. The molecule has 2 heterocycles. The number of aromatic amines is 1. The molecule has 0 amide bonds. The van der Waals surface area contributed by atoms with Crippen molar-refractivity contribution >= 4 is 5.82 Å². The summed E-state index contributed by atoms with van der Waals surface area (Å²) in [7, 11) is 1.81. The highest BCUT2D eigenvalue weighted by Crippen LogP contribution is 2.22. The lowest BCUT2D eigenvalue weighted by atomic mass is 9.91. The Morgan fingerprint density at radius 3 is 2.82 bits per heavy atom. The third-order valence-corrected chi connectivity index (χ3v) is 4.89. The van der Waals surface area contributed by atoms with E-state index in [0.717, 1.165) is 32.4 Å². The van der Waals surface area contributed by atoms with Gasteiger partial charge in [-0.15, -0.1) is 0 Å². The number of ether oxygens (including phenoxy) is 1. The number of hydrogen-bond acceptors (Lipinski definition) is 5. The molecule has 0 aromatic carbocycles. The normalized spacial score (nSPS) is 29.5. The van der Waals surface area contributed by atoms with Crippen LogP contribution in [0.4, 0.5) is 5.82 Å². The van der Waals surface area contributed by atoms with Crippen molar-refractivity contribution < 1.29 is 4.74 Å². The van der Waals surface area contributed by atoms with E-state index < -0.39 is 0 Å². The summed E-state index contributed by atoms with van der Waals surface area (Å²) < 4.78 is 5.44. The van der Waals surface area contributed by atoms with Gasteiger partial charge < -0.3 is 19.9 Å². The maximum absolute atomic E-state index is 11.9. The SMILES string of the molecule is COC1CCC(N[C@H]2CCCN(c3ncc[nH]c3=O)C2)CC1. The first kappa shape index (κ1) is 15.5. The molecule has 1 saturated carbocycles. The van der Waals surface area contributed by atoms with Gasteiger partial charge in [-0.1, -0.05) is 0 Å². The monoisotopic (exact) mass is 306 g/mol. The minimum Gasteiger partial charge on any atom is -0.381 e. The maximum Gasteiger partial charge on any atom is 0.290 e. The molecule has 22 heavy (non-hydrogen) atoms. The van der Waals surface area contributed by atoms with Crippen LogP contribution in [0, 0.1) is 0 Å². The molecule has 0 spiro atoms. The number of H-pyrrole nitrogens is 1. The Kier molecular flexibility index (Phi) is 5.10. The van der Waals surface area contributed by atoms with E-state index in [0.29, 0.717) is 24.0 Å². The van der Waals surface area contributed by atoms with Gasteiger partial charge in [0.15, 0.2) is 5.82 Å². The lowest BCUT2D eigenvalue weighted by molar-refractivity contribution is 0.0608. The lowest BCUT2D eigenvalue weighted by Crippen LogP contribution is -2.51. The standard InChI is InChI=1S/C16H26N4O2/c1-22-14-6-4-12(5-7-14)19-13-3-2-10-20(11-13)15-16(21)18-9-8-17-15/h8-9,12-14,19H,2-7,10-11H2,1H3,(H,18,21)/t12?,13-,14?/m0/s1. The topological polar surface area (TPSA) is 70.2 Å². The fourth-order valence-corrected chi connectivity index (χ4v) is 3.67. The summed E-state index contributed by atoms with van der Waals surface area (Å²) in [6, 6.07) is 1.03. The fourth-order valence-electron chi connectivity index (χ4n) is 3.67. The molecule has 2 aliphatic rings. The molecule has 3 rings (SSSR count). The zero-order valence-corrected chi connectivity index (χ0v) is 13.3. The molecule has 1 saturated heterocycles. The van der Waals surface area contributed by atoms with E-state index in [9.17, 15) is 4.79 Å². The maximum atomic E-state index is 11.9. The minimum absolute atomic E-state index is 0.0937. The van der Waals surface area contributed by atoms with E-state index in [-0.39, 0.29) is 5.56 Å². The number of aromatic nitrogens is 2. The van der Waals surface area contributed by atoms with Gasteiger partial charge in [0.05, 0.1) is 6.10 Å². The first-order chi connectivity index (χ1) is 10.8. The molecule has 0 radical (unpaired) electrons. The summed E-state index contributed by atoms with van der Waals surface area (Å²) in [6.45, 7) is 1.78. The number of hydrogen-bond donors (Lipinski definition) is 2. The van der Waals surface area contributed by atoms with Crippen molar-refractivity contribution in [2.45, 2.75) is 56.7 Å². The molecule has 122 valence electrons. The molecule has 6 heteroatoms. The van der Waals surface area contributed by atoms with Crippen molar-refractivity contribution in [2.24, 2.45) is 0 Å². The van der Waals surface area contributed by atoms with Gasteiger partial charge >= 0.3 is 0 Å². The van der Waals surface area contributed by atoms with Gasteiger partial charge in [-0.25, -0.2) is 4.98 Å². The van der Waals surface area contributed by atoms with Crippen LogP contribution in [0.3, 0.4) is 0 Å². The Morgan fingerprint density at radius 2 is 2.09 bits per heavy atom. The van der Waals surface area contributed by atoms with Crippen molar-refractivity contribution in [2.75, 3.05) is 25.1 Å². The van der Waals surface area contributed by atoms with Crippen molar-refractivity contribution in [3.8, 4) is 0 Å². The number of anilines is 1. The number of nitrogens with zero attached hydrogens (tertiary/aromatic N) is 2. The van der Waals surface area contributed by atoms with Crippen LogP contribution in [0.5, 0.6) is 0 Å². The summed E-state index contributed by atoms with van der Waals surface area (Å²) in [5, 5.41) is 3.78. The Balaban J connectivity index is 1.55. The quantitative estimate of drug-likeness (QED) is 0.877. The molecule has 1 aliphatic carbocycles. The Morgan fingerprint density at radius 1 is 1.27 bits per heavy atom. The van der Waals surface area contributed by atoms with Gasteiger partial charge in [-0.3, -0.25) is 4.79 Å². The van der Waals surface area contributed by atoms with E-state index in [2.05, 4.69) is 20.2 Å². The van der Waals surface area contributed by atoms with Crippen LogP contribution in [-0.2, 0) is 4.74 Å². The third kappa shape index (κ3) is 3.67. The first-order valence-corrected chi connectivity index (χ1v) is 8.33. The van der Waals surface area contributed by atoms with Crippen LogP contribution in [0.25, 0.3) is 0 Å². The second kappa shape index (κ2) is 7.24. The van der Waals surface area contributed by atoms with Crippen molar-refractivity contribution in [3.63, 3.8) is 0 Å². The Labute approximate surface area is 131 Å². The van der Waals surface area contributed by atoms with Crippen LogP contribution < -0.4 is 15.8 Å². The van der Waals surface area contributed by atoms with Gasteiger partial charge in [-0.2, -0.15) is 0 Å². The lowest BCUT2D eigenvalue weighted by Gasteiger charge is -2.37. The second-order valence-electron chi connectivity index (χ2n) is 6.40.